The lowest BCUT2D eigenvalue weighted by molar-refractivity contribution is -0.533. The largest absolute Gasteiger partial charge is 0.383 e. The van der Waals surface area contributed by atoms with E-state index >= 15 is 0 Å². The van der Waals surface area contributed by atoms with Crippen molar-refractivity contribution >= 4 is 22.9 Å². The molecule has 1 atom stereocenters. The zero-order valence-corrected chi connectivity index (χ0v) is 9.06. The molecule has 2 rings (SSSR count). The van der Waals surface area contributed by atoms with Crippen molar-refractivity contribution in [2.24, 2.45) is 10.7 Å². The summed E-state index contributed by atoms with van der Waals surface area (Å²) in [6.07, 6.45) is 1.95. The van der Waals surface area contributed by atoms with Crippen molar-refractivity contribution in [3.63, 3.8) is 0 Å². The average molecular weight is 217 g/mol. The van der Waals surface area contributed by atoms with Gasteiger partial charge in [0.05, 0.1) is 5.54 Å². The monoisotopic (exact) mass is 216 g/mol. The first-order chi connectivity index (χ1) is 6.00. The first kappa shape index (κ1) is 9.12. The van der Waals surface area contributed by atoms with E-state index in [1.165, 1.54) is 0 Å². The minimum atomic E-state index is -0.424. The third-order valence-electron chi connectivity index (χ3n) is 1.96. The molecule has 0 saturated heterocycles. The maximum Gasteiger partial charge on any atom is 0.383 e. The van der Waals surface area contributed by atoms with Crippen LogP contribution in [0, 0.1) is 5.71 Å². The number of nitrogens with zero attached hydrogens (tertiary/aromatic N) is 2. The van der Waals surface area contributed by atoms with Gasteiger partial charge >= 0.3 is 4.80 Å². The van der Waals surface area contributed by atoms with E-state index in [4.69, 9.17) is 17.3 Å². The predicted octanol–water partition coefficient (Wildman–Crippen LogP) is 0.351. The number of hydrogen-bond acceptors (Lipinski definition) is 3. The number of nitrogens with two attached hydrogens (primary N) is 1. The number of hydrogen-bond donors (Lipinski definition) is 1. The lowest BCUT2D eigenvalue weighted by Crippen LogP contribution is -2.47. The van der Waals surface area contributed by atoms with E-state index in [9.17, 15) is 0 Å². The number of thiazole rings is 1. The molecule has 0 aromatic carbocycles. The molecule has 13 heavy (non-hydrogen) atoms. The summed E-state index contributed by atoms with van der Waals surface area (Å²) in [6.45, 7) is 3.88. The molecule has 0 saturated carbocycles. The van der Waals surface area contributed by atoms with Crippen LogP contribution in [0.4, 0.5) is 0 Å². The standard InChI is InChI=1S/C8H11ClN3S/c1-8(2,10)5-6(9)11-7-12(5)3-4-13-7/h3-4,6H,10H2,1-2H3/q+1. The van der Waals surface area contributed by atoms with Gasteiger partial charge in [0.1, 0.15) is 6.20 Å². The molecule has 70 valence electrons. The number of fused-ring (bicyclic) bond motifs is 1. The Morgan fingerprint density at radius 1 is 1.69 bits per heavy atom. The van der Waals surface area contributed by atoms with E-state index in [-0.39, 0.29) is 5.50 Å². The van der Waals surface area contributed by atoms with E-state index in [0.29, 0.717) is 0 Å². The molecule has 2 heterocycles. The van der Waals surface area contributed by atoms with Crippen molar-refractivity contribution in [1.82, 2.24) is 0 Å². The fourth-order valence-electron chi connectivity index (χ4n) is 1.44. The fraction of sp³-hybridized carbons (Fsp3) is 0.500. The van der Waals surface area contributed by atoms with Crippen molar-refractivity contribution in [1.29, 1.82) is 0 Å². The number of aromatic nitrogens is 1. The van der Waals surface area contributed by atoms with Gasteiger partial charge in [-0.2, -0.15) is 4.24 Å². The third-order valence-corrected chi connectivity index (χ3v) is 3.03. The summed E-state index contributed by atoms with van der Waals surface area (Å²) in [4.78, 5) is 5.21. The van der Waals surface area contributed by atoms with Gasteiger partial charge < -0.3 is 5.73 Å². The van der Waals surface area contributed by atoms with Crippen LogP contribution in [0.25, 0.3) is 0 Å². The Kier molecular flexibility index (Phi) is 1.94. The van der Waals surface area contributed by atoms with Gasteiger partial charge in [0.15, 0.2) is 5.71 Å². The lowest BCUT2D eigenvalue weighted by atomic mass is 10.00. The van der Waals surface area contributed by atoms with Crippen LogP contribution >= 0.6 is 22.9 Å². The van der Waals surface area contributed by atoms with Gasteiger partial charge in [-0.1, -0.05) is 22.9 Å². The molecule has 1 aliphatic rings. The van der Waals surface area contributed by atoms with Gasteiger partial charge in [0.2, 0.25) is 0 Å². The number of alkyl halides is 1. The second kappa shape index (κ2) is 2.77. The van der Waals surface area contributed by atoms with Crippen LogP contribution < -0.4 is 14.8 Å². The van der Waals surface area contributed by atoms with Crippen LogP contribution in [0.5, 0.6) is 0 Å². The maximum absolute atomic E-state index is 6.07. The van der Waals surface area contributed by atoms with Gasteiger partial charge in [0, 0.05) is 5.38 Å². The highest BCUT2D eigenvalue weighted by Crippen LogP contribution is 2.18. The Balaban J connectivity index is 2.75. The Morgan fingerprint density at radius 3 is 3.00 bits per heavy atom. The summed E-state index contributed by atoms with van der Waals surface area (Å²) in [5.74, 6) is 0. The summed E-state index contributed by atoms with van der Waals surface area (Å²) in [5, 5.41) is 1.98. The minimum Gasteiger partial charge on any atom is -0.319 e. The Labute approximate surface area is 85.2 Å². The van der Waals surface area contributed by atoms with E-state index < -0.39 is 5.54 Å². The molecule has 0 aliphatic carbocycles. The van der Waals surface area contributed by atoms with E-state index in [2.05, 4.69) is 4.99 Å². The molecule has 0 amide bonds. The molecule has 1 unspecified atom stereocenters. The molecule has 2 N–H and O–H groups in total. The molecule has 1 aliphatic heterocycles. The summed E-state index contributed by atoms with van der Waals surface area (Å²) in [5.41, 5.74) is 6.22. The van der Waals surface area contributed by atoms with Crippen LogP contribution in [-0.4, -0.2) is 11.0 Å². The van der Waals surface area contributed by atoms with Gasteiger partial charge in [-0.05, 0) is 18.8 Å². The highest BCUT2D eigenvalue weighted by Gasteiger charge is 2.37. The molecule has 5 heteroatoms. The van der Waals surface area contributed by atoms with Crippen molar-refractivity contribution in [3.05, 3.63) is 22.1 Å². The Hall–Kier alpha value is -0.450. The molecule has 1 aromatic rings. The highest BCUT2D eigenvalue weighted by atomic mass is 35.5. The Bertz CT molecular complexity index is 443. The van der Waals surface area contributed by atoms with Crippen LogP contribution in [0.15, 0.2) is 16.6 Å². The van der Waals surface area contributed by atoms with Crippen LogP contribution in [0.1, 0.15) is 13.8 Å². The molecule has 0 radical (unpaired) electrons. The van der Waals surface area contributed by atoms with Crippen molar-refractivity contribution in [2.45, 2.75) is 24.9 Å². The maximum atomic E-state index is 6.07. The summed E-state index contributed by atoms with van der Waals surface area (Å²) < 4.78 is 1.97. The first-order valence-electron chi connectivity index (χ1n) is 4.01. The SMILES string of the molecule is CC(C)(N)C1=[n+]2ccsc2=NC1Cl. The third kappa shape index (κ3) is 1.39. The first-order valence-corrected chi connectivity index (χ1v) is 5.32. The molecular weight excluding hydrogens is 206 g/mol. The van der Waals surface area contributed by atoms with Crippen LogP contribution in [-0.2, 0) is 0 Å². The van der Waals surface area contributed by atoms with Crippen LogP contribution in [0.3, 0.4) is 0 Å². The van der Waals surface area contributed by atoms with Crippen molar-refractivity contribution in [2.75, 3.05) is 0 Å². The number of halogens is 1. The van der Waals surface area contributed by atoms with Gasteiger partial charge in [-0.25, -0.2) is 0 Å². The Morgan fingerprint density at radius 2 is 2.38 bits per heavy atom. The van der Waals surface area contributed by atoms with Gasteiger partial charge in [0.25, 0.3) is 5.50 Å². The smallest absolute Gasteiger partial charge is 0.319 e. The highest BCUT2D eigenvalue weighted by molar-refractivity contribution is 7.06. The quantitative estimate of drug-likeness (QED) is 0.411. The average Bonchev–Trinajstić information content (AvgIpc) is 2.41. The predicted molar refractivity (Wildman–Crippen MR) is 52.2 cm³/mol. The molecule has 0 spiro atoms. The second-order valence-corrected chi connectivity index (χ2v) is 4.91. The van der Waals surface area contributed by atoms with Gasteiger partial charge in [-0.15, -0.1) is 0 Å². The molecule has 0 bridgehead atoms. The van der Waals surface area contributed by atoms with Crippen molar-refractivity contribution < 1.29 is 4.24 Å². The zero-order valence-electron chi connectivity index (χ0n) is 7.49. The molecule has 3 nitrogen and oxygen atoms in total. The number of rotatable bonds is 1. The minimum absolute atomic E-state index is 0.313. The van der Waals surface area contributed by atoms with E-state index in [1.54, 1.807) is 11.3 Å². The summed E-state index contributed by atoms with van der Waals surface area (Å²) in [6, 6.07) is 0. The topological polar surface area (TPSA) is 44.3 Å². The molecule has 1 aromatic heterocycles. The van der Waals surface area contributed by atoms with Crippen LogP contribution in [0.2, 0.25) is 0 Å². The summed E-state index contributed by atoms with van der Waals surface area (Å²) >= 11 is 7.64. The summed E-state index contributed by atoms with van der Waals surface area (Å²) in [7, 11) is 0. The fourth-order valence-corrected chi connectivity index (χ4v) is 2.72. The van der Waals surface area contributed by atoms with Crippen molar-refractivity contribution in [3.8, 4) is 0 Å². The van der Waals surface area contributed by atoms with E-state index in [0.717, 1.165) is 10.5 Å². The molecule has 0 fully saturated rings. The molecular formula is C8H11ClN3S+. The van der Waals surface area contributed by atoms with Gasteiger partial charge in [-0.3, -0.25) is 0 Å². The normalized spacial score (nSPS) is 21.5. The second-order valence-electron chi connectivity index (χ2n) is 3.63. The zero-order chi connectivity index (χ0) is 9.64. The lowest BCUT2D eigenvalue weighted by Gasteiger charge is -2.16. The van der Waals surface area contributed by atoms with E-state index in [1.807, 2.05) is 29.7 Å².